The number of likely N-dealkylation sites (tertiary alicyclic amines) is 1. The molecule has 0 bridgehead atoms. The second kappa shape index (κ2) is 7.85. The Balaban J connectivity index is 1.28. The normalized spacial score (nSPS) is 25.7. The maximum absolute atomic E-state index is 12.6. The number of amides is 2. The number of aromatic nitrogens is 2. The summed E-state index contributed by atoms with van der Waals surface area (Å²) >= 11 is 0. The van der Waals surface area contributed by atoms with Gasteiger partial charge in [0.25, 0.3) is 0 Å². The van der Waals surface area contributed by atoms with Crippen molar-refractivity contribution in [3.8, 4) is 0 Å². The van der Waals surface area contributed by atoms with Crippen molar-refractivity contribution in [2.75, 3.05) is 52.5 Å². The van der Waals surface area contributed by atoms with Gasteiger partial charge in [0.15, 0.2) is 0 Å². The maximum Gasteiger partial charge on any atom is 0.410 e. The van der Waals surface area contributed by atoms with Gasteiger partial charge in [0.05, 0.1) is 32.0 Å². The topological polar surface area (TPSA) is 80.1 Å². The van der Waals surface area contributed by atoms with E-state index in [0.717, 1.165) is 44.8 Å². The van der Waals surface area contributed by atoms with Gasteiger partial charge in [-0.1, -0.05) is 0 Å². The van der Waals surface area contributed by atoms with E-state index in [-0.39, 0.29) is 30.7 Å². The van der Waals surface area contributed by atoms with Crippen LogP contribution in [-0.2, 0) is 20.8 Å². The largest absolute Gasteiger partial charge is 0.442 e. The summed E-state index contributed by atoms with van der Waals surface area (Å²) < 4.78 is 12.5. The number of carbonyl (C=O) groups is 2. The van der Waals surface area contributed by atoms with Gasteiger partial charge in [0.1, 0.15) is 12.6 Å². The second-order valence-corrected chi connectivity index (χ2v) is 7.50. The fourth-order valence-electron chi connectivity index (χ4n) is 4.05. The number of hydrogen-bond acceptors (Lipinski definition) is 6. The van der Waals surface area contributed by atoms with E-state index in [9.17, 15) is 9.59 Å². The molecule has 148 valence electrons. The smallest absolute Gasteiger partial charge is 0.410 e. The third-order valence-electron chi connectivity index (χ3n) is 5.51. The quantitative estimate of drug-likeness (QED) is 0.691. The molecule has 0 aliphatic carbocycles. The molecule has 9 heteroatoms. The lowest BCUT2D eigenvalue weighted by atomic mass is 10.2. The fourth-order valence-corrected chi connectivity index (χ4v) is 4.05. The number of rotatable bonds is 6. The SMILES string of the molecule is Cc1cnn(CC(=O)N2C[C@@H]3OC(=O)N(CCCN4CCOCC4)[C@@H]3C2)c1. The van der Waals surface area contributed by atoms with Crippen LogP contribution in [0.5, 0.6) is 0 Å². The van der Waals surface area contributed by atoms with Crippen LogP contribution in [0.4, 0.5) is 4.79 Å². The first-order valence-electron chi connectivity index (χ1n) is 9.64. The molecular formula is C18H27N5O4. The summed E-state index contributed by atoms with van der Waals surface area (Å²) in [5, 5.41) is 4.17. The molecule has 0 spiro atoms. The van der Waals surface area contributed by atoms with Gasteiger partial charge in [-0.15, -0.1) is 0 Å². The molecule has 3 aliphatic rings. The maximum atomic E-state index is 12.6. The summed E-state index contributed by atoms with van der Waals surface area (Å²) in [6.07, 6.45) is 4.03. The summed E-state index contributed by atoms with van der Waals surface area (Å²) in [6, 6.07) is -0.0366. The summed E-state index contributed by atoms with van der Waals surface area (Å²) in [6.45, 7) is 8.25. The van der Waals surface area contributed by atoms with E-state index < -0.39 is 0 Å². The lowest BCUT2D eigenvalue weighted by Gasteiger charge is -2.28. The predicted octanol–water partition coefficient (Wildman–Crippen LogP) is -0.0546. The highest BCUT2D eigenvalue weighted by atomic mass is 16.6. The second-order valence-electron chi connectivity index (χ2n) is 7.50. The Morgan fingerprint density at radius 3 is 2.81 bits per heavy atom. The molecule has 4 rings (SSSR count). The van der Waals surface area contributed by atoms with Crippen LogP contribution in [0, 0.1) is 6.92 Å². The van der Waals surface area contributed by atoms with Gasteiger partial charge in [-0.25, -0.2) is 4.79 Å². The summed E-state index contributed by atoms with van der Waals surface area (Å²) in [5.74, 6) is 0.0109. The number of fused-ring (bicyclic) bond motifs is 1. The highest BCUT2D eigenvalue weighted by Gasteiger charge is 2.48. The van der Waals surface area contributed by atoms with E-state index in [1.807, 2.05) is 13.1 Å². The summed E-state index contributed by atoms with van der Waals surface area (Å²) in [5.41, 5.74) is 1.03. The first-order chi connectivity index (χ1) is 13.1. The van der Waals surface area contributed by atoms with Gasteiger partial charge in [-0.3, -0.25) is 19.3 Å². The minimum atomic E-state index is -0.248. The van der Waals surface area contributed by atoms with Gasteiger partial charge in [-0.05, 0) is 18.9 Å². The zero-order valence-corrected chi connectivity index (χ0v) is 15.7. The monoisotopic (exact) mass is 377 g/mol. The number of hydrogen-bond donors (Lipinski definition) is 0. The van der Waals surface area contributed by atoms with Crippen molar-refractivity contribution in [1.82, 2.24) is 24.5 Å². The molecule has 2 atom stereocenters. The Bertz CT molecular complexity index is 687. The molecule has 0 saturated carbocycles. The number of nitrogens with zero attached hydrogens (tertiary/aromatic N) is 5. The molecule has 0 N–H and O–H groups in total. The average molecular weight is 377 g/mol. The Kier molecular flexibility index (Phi) is 5.31. The third-order valence-corrected chi connectivity index (χ3v) is 5.51. The molecule has 1 aromatic rings. The Morgan fingerprint density at radius 2 is 2.07 bits per heavy atom. The standard InChI is InChI=1S/C18H27N5O4/c1-14-9-19-22(10-14)13-17(24)21-11-15-16(12-21)27-18(25)23(15)4-2-3-20-5-7-26-8-6-20/h9-10,15-16H,2-8,11-13H2,1H3/t15-,16+/m1/s1. The van der Waals surface area contributed by atoms with Gasteiger partial charge in [-0.2, -0.15) is 5.10 Å². The number of carbonyl (C=O) groups excluding carboxylic acids is 2. The van der Waals surface area contributed by atoms with Crippen molar-refractivity contribution >= 4 is 12.0 Å². The van der Waals surface area contributed by atoms with Gasteiger partial charge in [0.2, 0.25) is 5.91 Å². The predicted molar refractivity (Wildman–Crippen MR) is 96.2 cm³/mol. The first-order valence-corrected chi connectivity index (χ1v) is 9.64. The van der Waals surface area contributed by atoms with E-state index in [1.165, 1.54) is 0 Å². The van der Waals surface area contributed by atoms with Crippen molar-refractivity contribution < 1.29 is 19.1 Å². The van der Waals surface area contributed by atoms with Crippen molar-refractivity contribution in [2.45, 2.75) is 32.0 Å². The Hall–Kier alpha value is -2.13. The molecule has 0 unspecified atom stereocenters. The molecule has 27 heavy (non-hydrogen) atoms. The summed E-state index contributed by atoms with van der Waals surface area (Å²) in [7, 11) is 0. The van der Waals surface area contributed by atoms with Crippen LogP contribution < -0.4 is 0 Å². The van der Waals surface area contributed by atoms with E-state index in [2.05, 4.69) is 10.00 Å². The van der Waals surface area contributed by atoms with Crippen LogP contribution >= 0.6 is 0 Å². The lowest BCUT2D eigenvalue weighted by molar-refractivity contribution is -0.131. The van der Waals surface area contributed by atoms with Crippen LogP contribution in [0.15, 0.2) is 12.4 Å². The molecule has 3 aliphatic heterocycles. The van der Waals surface area contributed by atoms with Gasteiger partial charge >= 0.3 is 6.09 Å². The van der Waals surface area contributed by atoms with Crippen molar-refractivity contribution in [1.29, 1.82) is 0 Å². The highest BCUT2D eigenvalue weighted by molar-refractivity contribution is 5.77. The van der Waals surface area contributed by atoms with Crippen LogP contribution in [0.3, 0.4) is 0 Å². The molecular weight excluding hydrogens is 350 g/mol. The minimum Gasteiger partial charge on any atom is -0.442 e. The molecule has 2 amide bonds. The molecule has 0 radical (unpaired) electrons. The van der Waals surface area contributed by atoms with Crippen LogP contribution in [0.2, 0.25) is 0 Å². The highest BCUT2D eigenvalue weighted by Crippen LogP contribution is 2.27. The summed E-state index contributed by atoms with van der Waals surface area (Å²) in [4.78, 5) is 30.7. The third kappa shape index (κ3) is 4.08. The zero-order chi connectivity index (χ0) is 18.8. The van der Waals surface area contributed by atoms with Gasteiger partial charge in [0, 0.05) is 38.9 Å². The van der Waals surface area contributed by atoms with Crippen molar-refractivity contribution in [2.24, 2.45) is 0 Å². The van der Waals surface area contributed by atoms with E-state index in [0.29, 0.717) is 19.6 Å². The minimum absolute atomic E-state index is 0.0109. The molecule has 4 heterocycles. The average Bonchev–Trinajstić information content (AvgIpc) is 3.32. The van der Waals surface area contributed by atoms with Crippen molar-refractivity contribution in [3.05, 3.63) is 18.0 Å². The number of ether oxygens (including phenoxy) is 2. The fraction of sp³-hybridized carbons (Fsp3) is 0.722. The zero-order valence-electron chi connectivity index (χ0n) is 15.7. The first kappa shape index (κ1) is 18.2. The van der Waals surface area contributed by atoms with Crippen molar-refractivity contribution in [3.63, 3.8) is 0 Å². The van der Waals surface area contributed by atoms with Crippen LogP contribution in [0.1, 0.15) is 12.0 Å². The lowest BCUT2D eigenvalue weighted by Crippen LogP contribution is -2.42. The number of morpholine rings is 1. The van der Waals surface area contributed by atoms with Gasteiger partial charge < -0.3 is 14.4 Å². The molecule has 0 aromatic carbocycles. The molecule has 3 saturated heterocycles. The van der Waals surface area contributed by atoms with Crippen LogP contribution in [0.25, 0.3) is 0 Å². The molecule has 9 nitrogen and oxygen atoms in total. The molecule has 3 fully saturated rings. The van der Waals surface area contributed by atoms with E-state index >= 15 is 0 Å². The Morgan fingerprint density at radius 1 is 1.26 bits per heavy atom. The van der Waals surface area contributed by atoms with E-state index in [1.54, 1.807) is 20.7 Å². The van der Waals surface area contributed by atoms with Crippen LogP contribution in [-0.4, -0.2) is 101 Å². The van der Waals surface area contributed by atoms with E-state index in [4.69, 9.17) is 9.47 Å². The number of aryl methyl sites for hydroxylation is 1. The molecule has 1 aromatic heterocycles. The Labute approximate surface area is 158 Å².